The number of ether oxygens (including phenoxy) is 4. The van der Waals surface area contributed by atoms with Crippen LogP contribution >= 0.6 is 0 Å². The lowest BCUT2D eigenvalue weighted by Gasteiger charge is -2.23. The number of fused-ring (bicyclic) bond motifs is 2. The van der Waals surface area contributed by atoms with Gasteiger partial charge in [-0.3, -0.25) is 19.3 Å². The number of rotatable bonds is 12. The molecule has 16 nitrogen and oxygen atoms in total. The van der Waals surface area contributed by atoms with Gasteiger partial charge in [-0.2, -0.15) is 10.2 Å². The highest BCUT2D eigenvalue weighted by molar-refractivity contribution is 6.83. The molecule has 0 radical (unpaired) electrons. The first-order valence-electron chi connectivity index (χ1n) is 20.1. The molecule has 8 rings (SSSR count). The van der Waals surface area contributed by atoms with Crippen LogP contribution in [0.15, 0.2) is 97.8 Å². The number of nitrogens with zero attached hydrogens (tertiary/aromatic N) is 12. The van der Waals surface area contributed by atoms with Crippen molar-refractivity contribution in [2.45, 2.75) is 27.1 Å². The molecule has 0 N–H and O–H groups in total. The minimum atomic E-state index is -1.54. The Morgan fingerprint density at radius 3 is 1.35 bits per heavy atom. The summed E-state index contributed by atoms with van der Waals surface area (Å²) in [6.07, 6.45) is 16.4. The van der Waals surface area contributed by atoms with E-state index in [4.69, 9.17) is 40.3 Å². The number of terminal acetylenes is 1. The molecule has 0 unspecified atom stereocenters. The smallest absolute Gasteiger partial charge is 0.180 e. The van der Waals surface area contributed by atoms with Gasteiger partial charge in [0.25, 0.3) is 0 Å². The molecule has 0 saturated carbocycles. The van der Waals surface area contributed by atoms with Gasteiger partial charge in [0.2, 0.25) is 0 Å². The maximum Gasteiger partial charge on any atom is 0.180 e. The van der Waals surface area contributed by atoms with Gasteiger partial charge in [-0.05, 0) is 24.3 Å². The first-order valence-corrected chi connectivity index (χ1v) is 23.6. The standard InChI is InChI=1S/C25H28N6O2Si.C22H20N6O2.CH4/c1-30-17-18(15-27-30)23-16-26-22-8-9-24(29-25(22)28-23)31(10-7-11-34(4,5)6)19-12-20(32-2)14-21(13-19)33-3;1-5-8-28(16-9-17(29-3)11-18(10-16)30-4)21-7-6-19-22(26-21)25-20(13-23-19)15-12-24-27(2)14-15;/h8-9,12-17H,10H2,1-6H3;1,6-7,9-14H,8H2,2-4H3;1H4. The molecule has 332 valence electrons. The normalized spacial score (nSPS) is 10.7. The van der Waals surface area contributed by atoms with Crippen molar-refractivity contribution in [2.75, 3.05) is 51.3 Å². The lowest BCUT2D eigenvalue weighted by atomic mass is 10.2. The largest absolute Gasteiger partial charge is 0.497 e. The average Bonchev–Trinajstić information content (AvgIpc) is 3.96. The number of anilines is 4. The Bertz CT molecular complexity index is 2990. The summed E-state index contributed by atoms with van der Waals surface area (Å²) in [5, 5.41) is 8.42. The zero-order valence-corrected chi connectivity index (χ0v) is 38.2. The van der Waals surface area contributed by atoms with E-state index in [0.29, 0.717) is 75.7 Å². The number of hydrogen-bond acceptors (Lipinski definition) is 14. The second-order valence-corrected chi connectivity index (χ2v) is 20.2. The Hall–Kier alpha value is -8.02. The molecule has 0 aliphatic heterocycles. The number of methoxy groups -OCH3 is 4. The molecule has 0 spiro atoms. The van der Waals surface area contributed by atoms with Gasteiger partial charge in [-0.25, -0.2) is 19.9 Å². The summed E-state index contributed by atoms with van der Waals surface area (Å²) in [6.45, 7) is 7.45. The van der Waals surface area contributed by atoms with Crippen LogP contribution in [-0.4, -0.2) is 99.1 Å². The van der Waals surface area contributed by atoms with E-state index in [0.717, 1.165) is 28.2 Å². The lowest BCUT2D eigenvalue weighted by molar-refractivity contribution is 0.394. The maximum absolute atomic E-state index is 5.64. The molecular weight excluding hydrogens is 837 g/mol. The molecule has 65 heavy (non-hydrogen) atoms. The van der Waals surface area contributed by atoms with E-state index in [1.54, 1.807) is 68.7 Å². The van der Waals surface area contributed by atoms with Crippen molar-refractivity contribution >= 4 is 53.4 Å². The molecule has 17 heteroatoms. The number of hydrogen-bond donors (Lipinski definition) is 0. The molecule has 0 bridgehead atoms. The molecule has 0 fully saturated rings. The van der Waals surface area contributed by atoms with Gasteiger partial charge in [0.15, 0.2) is 11.3 Å². The third-order valence-corrected chi connectivity index (χ3v) is 10.5. The first kappa shape index (κ1) is 46.5. The highest BCUT2D eigenvalue weighted by Crippen LogP contribution is 2.34. The van der Waals surface area contributed by atoms with Crippen molar-refractivity contribution in [1.29, 1.82) is 0 Å². The van der Waals surface area contributed by atoms with Crippen LogP contribution in [0.4, 0.5) is 23.0 Å². The fourth-order valence-corrected chi connectivity index (χ4v) is 7.05. The minimum Gasteiger partial charge on any atom is -0.497 e. The van der Waals surface area contributed by atoms with Gasteiger partial charge in [-0.1, -0.05) is 38.9 Å². The maximum atomic E-state index is 5.64. The van der Waals surface area contributed by atoms with Crippen molar-refractivity contribution in [3.63, 3.8) is 0 Å². The highest BCUT2D eigenvalue weighted by atomic mass is 28.3. The Morgan fingerprint density at radius 2 is 1.00 bits per heavy atom. The zero-order chi connectivity index (χ0) is 45.4. The minimum absolute atomic E-state index is 0. The van der Waals surface area contributed by atoms with Gasteiger partial charge in [0.05, 0.1) is 89.1 Å². The Balaban J connectivity index is 0.000000214. The third-order valence-electron chi connectivity index (χ3n) is 9.58. The van der Waals surface area contributed by atoms with Crippen LogP contribution in [0.2, 0.25) is 19.6 Å². The SMILES string of the molecule is C.C#CCN(c1cc(OC)cc(OC)c1)c1ccc2ncc(-c3cnn(C)c3)nc2n1.COc1cc(OC)cc(N(CC#C[Si](C)(C)C)c2ccc3ncc(-c4cnn(C)c4)nc3n2)c1. The first-order chi connectivity index (χ1) is 30.9. The number of benzene rings is 2. The van der Waals surface area contributed by atoms with Crippen LogP contribution < -0.4 is 28.7 Å². The summed E-state index contributed by atoms with van der Waals surface area (Å²) in [5.74, 6) is 10.1. The zero-order valence-electron chi connectivity index (χ0n) is 37.2. The fourth-order valence-electron chi connectivity index (χ4n) is 6.44. The van der Waals surface area contributed by atoms with Crippen LogP contribution in [0.1, 0.15) is 7.43 Å². The topological polar surface area (TPSA) is 156 Å². The molecule has 0 atom stereocenters. The Kier molecular flexibility index (Phi) is 14.6. The molecule has 0 aliphatic carbocycles. The van der Waals surface area contributed by atoms with Crippen molar-refractivity contribution < 1.29 is 18.9 Å². The summed E-state index contributed by atoms with van der Waals surface area (Å²) in [7, 11) is 8.67. The van der Waals surface area contributed by atoms with E-state index in [1.165, 1.54) is 0 Å². The van der Waals surface area contributed by atoms with Crippen LogP contribution in [-0.2, 0) is 14.1 Å². The molecular formula is C48H52N12O4Si. The number of pyridine rings is 2. The van der Waals surface area contributed by atoms with Crippen LogP contribution in [0.5, 0.6) is 23.0 Å². The number of aryl methyl sites for hydroxylation is 2. The fraction of sp³-hybridized carbons (Fsp3) is 0.250. The summed E-state index contributed by atoms with van der Waals surface area (Å²) in [5.41, 5.74) is 10.8. The summed E-state index contributed by atoms with van der Waals surface area (Å²) in [6, 6.07) is 18.9. The van der Waals surface area contributed by atoms with Gasteiger partial charge < -0.3 is 28.7 Å². The summed E-state index contributed by atoms with van der Waals surface area (Å²) in [4.78, 5) is 32.0. The summed E-state index contributed by atoms with van der Waals surface area (Å²) >= 11 is 0. The Labute approximate surface area is 380 Å². The molecule has 0 saturated heterocycles. The lowest BCUT2D eigenvalue weighted by Crippen LogP contribution is -2.21. The van der Waals surface area contributed by atoms with E-state index >= 15 is 0 Å². The van der Waals surface area contributed by atoms with Gasteiger partial charge >= 0.3 is 0 Å². The van der Waals surface area contributed by atoms with Gasteiger partial charge in [-0.15, -0.1) is 12.0 Å². The van der Waals surface area contributed by atoms with Gasteiger partial charge in [0, 0.05) is 74.0 Å². The molecule has 0 aliphatic rings. The van der Waals surface area contributed by atoms with E-state index in [1.807, 2.05) is 90.9 Å². The van der Waals surface area contributed by atoms with E-state index < -0.39 is 8.07 Å². The molecule has 6 heterocycles. The van der Waals surface area contributed by atoms with Crippen LogP contribution in [0.3, 0.4) is 0 Å². The Morgan fingerprint density at radius 1 is 0.585 bits per heavy atom. The monoisotopic (exact) mass is 888 g/mol. The van der Waals surface area contributed by atoms with Crippen LogP contribution in [0, 0.1) is 23.8 Å². The molecule has 0 amide bonds. The van der Waals surface area contributed by atoms with E-state index in [9.17, 15) is 0 Å². The van der Waals surface area contributed by atoms with Crippen molar-refractivity contribution in [1.82, 2.24) is 49.5 Å². The molecule has 8 aromatic rings. The van der Waals surface area contributed by atoms with E-state index in [-0.39, 0.29) is 7.43 Å². The summed E-state index contributed by atoms with van der Waals surface area (Å²) < 4.78 is 25.2. The molecule has 2 aromatic carbocycles. The highest BCUT2D eigenvalue weighted by Gasteiger charge is 2.18. The predicted octanol–water partition coefficient (Wildman–Crippen LogP) is 8.31. The predicted molar refractivity (Wildman–Crippen MR) is 259 cm³/mol. The van der Waals surface area contributed by atoms with Gasteiger partial charge in [0.1, 0.15) is 53.7 Å². The molecule has 6 aromatic heterocycles. The number of aromatic nitrogens is 10. The second kappa shape index (κ2) is 20.4. The third kappa shape index (κ3) is 11.3. The van der Waals surface area contributed by atoms with Crippen molar-refractivity contribution in [2.24, 2.45) is 14.1 Å². The van der Waals surface area contributed by atoms with Crippen molar-refractivity contribution in [3.05, 3.63) is 97.8 Å². The van der Waals surface area contributed by atoms with Crippen LogP contribution in [0.25, 0.3) is 44.8 Å². The van der Waals surface area contributed by atoms with E-state index in [2.05, 4.69) is 62.2 Å². The van der Waals surface area contributed by atoms with Crippen molar-refractivity contribution in [3.8, 4) is 69.3 Å². The second-order valence-electron chi connectivity index (χ2n) is 15.4. The average molecular weight is 889 g/mol. The quantitative estimate of drug-likeness (QED) is 0.0852.